The molecule has 5 nitrogen and oxygen atoms in total. The number of benzene rings is 2. The van der Waals surface area contributed by atoms with Crippen molar-refractivity contribution in [3.63, 3.8) is 0 Å². The molecule has 1 amide bonds. The first-order valence-electron chi connectivity index (χ1n) is 8.96. The summed E-state index contributed by atoms with van der Waals surface area (Å²) in [6.07, 6.45) is 3.25. The van der Waals surface area contributed by atoms with Gasteiger partial charge in [-0.25, -0.2) is 4.98 Å². The van der Waals surface area contributed by atoms with E-state index in [0.717, 1.165) is 21.3 Å². The fraction of sp³-hybridized carbons (Fsp3) is 0.136. The van der Waals surface area contributed by atoms with E-state index in [2.05, 4.69) is 43.7 Å². The van der Waals surface area contributed by atoms with Gasteiger partial charge in [0.05, 0.1) is 23.1 Å². The van der Waals surface area contributed by atoms with E-state index >= 15 is 0 Å². The number of fused-ring (bicyclic) bond motifs is 1. The molecule has 140 valence electrons. The van der Waals surface area contributed by atoms with Crippen LogP contribution in [-0.4, -0.2) is 32.4 Å². The molecule has 0 aliphatic carbocycles. The van der Waals surface area contributed by atoms with Crippen molar-refractivity contribution in [3.8, 4) is 0 Å². The van der Waals surface area contributed by atoms with Crippen LogP contribution in [0.5, 0.6) is 0 Å². The molecule has 4 aromatic rings. The first-order valence-corrected chi connectivity index (χ1v) is 9.75. The summed E-state index contributed by atoms with van der Waals surface area (Å²) < 4.78 is 3.22. The Balaban J connectivity index is 1.66. The van der Waals surface area contributed by atoms with Crippen molar-refractivity contribution in [2.45, 2.75) is 13.1 Å². The van der Waals surface area contributed by atoms with Crippen LogP contribution in [-0.2, 0) is 13.1 Å². The molecule has 6 heteroatoms. The fourth-order valence-corrected chi connectivity index (χ4v) is 3.45. The Bertz CT molecular complexity index is 1110. The molecule has 0 aliphatic heterocycles. The number of para-hydroxylation sites is 2. The standard InChI is InChI=1S/C22H19BrN4O/c1-26(22(28)17-5-4-12-24-13-17)15-21-25-19-6-2-3-7-20(19)27(21)14-16-8-10-18(23)11-9-16/h2-13H,14-15H2,1H3. The smallest absolute Gasteiger partial charge is 0.255 e. The number of rotatable bonds is 5. The largest absolute Gasteiger partial charge is 0.334 e. The van der Waals surface area contributed by atoms with E-state index in [9.17, 15) is 4.79 Å². The highest BCUT2D eigenvalue weighted by Crippen LogP contribution is 2.20. The zero-order valence-electron chi connectivity index (χ0n) is 15.4. The minimum atomic E-state index is -0.0738. The molecule has 0 unspecified atom stereocenters. The van der Waals surface area contributed by atoms with Gasteiger partial charge in [0.1, 0.15) is 5.82 Å². The molecule has 2 aromatic heterocycles. The fourth-order valence-electron chi connectivity index (χ4n) is 3.19. The van der Waals surface area contributed by atoms with Crippen LogP contribution in [0, 0.1) is 0 Å². The molecule has 2 aromatic carbocycles. The number of imidazole rings is 1. The Morgan fingerprint density at radius 2 is 1.86 bits per heavy atom. The zero-order valence-corrected chi connectivity index (χ0v) is 17.0. The van der Waals surface area contributed by atoms with E-state index in [1.54, 1.807) is 36.5 Å². The lowest BCUT2D eigenvalue weighted by atomic mass is 10.2. The Morgan fingerprint density at radius 1 is 1.07 bits per heavy atom. The maximum Gasteiger partial charge on any atom is 0.255 e. The number of carbonyl (C=O) groups is 1. The maximum absolute atomic E-state index is 12.7. The van der Waals surface area contributed by atoms with E-state index in [0.29, 0.717) is 18.7 Å². The molecule has 0 radical (unpaired) electrons. The quantitative estimate of drug-likeness (QED) is 0.464. The van der Waals surface area contributed by atoms with Gasteiger partial charge in [-0.15, -0.1) is 0 Å². The summed E-state index contributed by atoms with van der Waals surface area (Å²) in [6, 6.07) is 19.8. The van der Waals surface area contributed by atoms with Crippen LogP contribution >= 0.6 is 15.9 Å². The van der Waals surface area contributed by atoms with Gasteiger partial charge in [-0.05, 0) is 42.0 Å². The van der Waals surface area contributed by atoms with Crippen LogP contribution in [0.4, 0.5) is 0 Å². The van der Waals surface area contributed by atoms with Crippen LogP contribution in [0.1, 0.15) is 21.7 Å². The van der Waals surface area contributed by atoms with Gasteiger partial charge in [-0.2, -0.15) is 0 Å². The highest BCUT2D eigenvalue weighted by atomic mass is 79.9. The van der Waals surface area contributed by atoms with Crippen molar-refractivity contribution in [2.75, 3.05) is 7.05 Å². The highest BCUT2D eigenvalue weighted by molar-refractivity contribution is 9.10. The first kappa shape index (κ1) is 18.4. The van der Waals surface area contributed by atoms with Crippen LogP contribution in [0.25, 0.3) is 11.0 Å². The lowest BCUT2D eigenvalue weighted by Gasteiger charge is -2.18. The van der Waals surface area contributed by atoms with Crippen molar-refractivity contribution in [1.82, 2.24) is 19.4 Å². The molecule has 0 atom stereocenters. The first-order chi connectivity index (χ1) is 13.6. The molecular formula is C22H19BrN4O. The second-order valence-electron chi connectivity index (χ2n) is 6.63. The average Bonchev–Trinajstić information content (AvgIpc) is 3.06. The highest BCUT2D eigenvalue weighted by Gasteiger charge is 2.17. The number of carbonyl (C=O) groups excluding carboxylic acids is 1. The molecule has 28 heavy (non-hydrogen) atoms. The van der Waals surface area contributed by atoms with Gasteiger partial charge in [-0.1, -0.05) is 40.2 Å². The maximum atomic E-state index is 12.7. The Labute approximate surface area is 171 Å². The summed E-state index contributed by atoms with van der Waals surface area (Å²) in [5.41, 5.74) is 3.73. The minimum absolute atomic E-state index is 0.0738. The average molecular weight is 435 g/mol. The summed E-state index contributed by atoms with van der Waals surface area (Å²) in [7, 11) is 1.79. The normalized spacial score (nSPS) is 10.9. The van der Waals surface area contributed by atoms with E-state index in [-0.39, 0.29) is 5.91 Å². The van der Waals surface area contributed by atoms with Crippen LogP contribution in [0.2, 0.25) is 0 Å². The molecule has 0 saturated heterocycles. The predicted molar refractivity (Wildman–Crippen MR) is 113 cm³/mol. The van der Waals surface area contributed by atoms with Gasteiger partial charge in [0.15, 0.2) is 0 Å². The monoisotopic (exact) mass is 434 g/mol. The molecule has 0 saturated carbocycles. The lowest BCUT2D eigenvalue weighted by molar-refractivity contribution is 0.0780. The molecule has 0 aliphatic rings. The molecule has 0 spiro atoms. The van der Waals surface area contributed by atoms with Crippen LogP contribution in [0.15, 0.2) is 77.5 Å². The number of hydrogen-bond donors (Lipinski definition) is 0. The number of aromatic nitrogens is 3. The van der Waals surface area contributed by atoms with E-state index in [1.807, 2.05) is 30.3 Å². The Kier molecular flexibility index (Phi) is 5.21. The van der Waals surface area contributed by atoms with Gasteiger partial charge in [0, 0.05) is 30.5 Å². The van der Waals surface area contributed by atoms with Crippen molar-refractivity contribution in [1.29, 1.82) is 0 Å². The van der Waals surface area contributed by atoms with Gasteiger partial charge in [0.25, 0.3) is 5.91 Å². The number of amides is 1. The topological polar surface area (TPSA) is 51.0 Å². The zero-order chi connectivity index (χ0) is 19.5. The molecule has 0 bridgehead atoms. The number of nitrogens with zero attached hydrogens (tertiary/aromatic N) is 4. The summed E-state index contributed by atoms with van der Waals surface area (Å²) in [4.78, 5) is 23.2. The third-order valence-electron chi connectivity index (χ3n) is 4.62. The van der Waals surface area contributed by atoms with Crippen molar-refractivity contribution >= 4 is 32.9 Å². The number of pyridine rings is 1. The predicted octanol–water partition coefficient (Wildman–Crippen LogP) is 4.51. The second-order valence-corrected chi connectivity index (χ2v) is 7.55. The van der Waals surface area contributed by atoms with E-state index in [4.69, 9.17) is 4.98 Å². The van der Waals surface area contributed by atoms with Gasteiger partial charge >= 0.3 is 0 Å². The Morgan fingerprint density at radius 3 is 2.61 bits per heavy atom. The van der Waals surface area contributed by atoms with Gasteiger partial charge < -0.3 is 9.47 Å². The van der Waals surface area contributed by atoms with Crippen molar-refractivity contribution in [3.05, 3.63) is 94.5 Å². The number of hydrogen-bond acceptors (Lipinski definition) is 3. The van der Waals surface area contributed by atoms with Gasteiger partial charge in [-0.3, -0.25) is 9.78 Å². The summed E-state index contributed by atoms with van der Waals surface area (Å²) in [6.45, 7) is 1.11. The van der Waals surface area contributed by atoms with Gasteiger partial charge in [0.2, 0.25) is 0 Å². The molecule has 0 fully saturated rings. The molecular weight excluding hydrogens is 416 g/mol. The Hall–Kier alpha value is -2.99. The number of halogens is 1. The molecule has 0 N–H and O–H groups in total. The summed E-state index contributed by atoms with van der Waals surface area (Å²) >= 11 is 3.48. The summed E-state index contributed by atoms with van der Waals surface area (Å²) in [5, 5.41) is 0. The van der Waals surface area contributed by atoms with E-state index < -0.39 is 0 Å². The van der Waals surface area contributed by atoms with Crippen molar-refractivity contribution < 1.29 is 4.79 Å². The third kappa shape index (κ3) is 3.82. The third-order valence-corrected chi connectivity index (χ3v) is 5.15. The minimum Gasteiger partial charge on any atom is -0.334 e. The summed E-state index contributed by atoms with van der Waals surface area (Å²) in [5.74, 6) is 0.777. The van der Waals surface area contributed by atoms with Crippen molar-refractivity contribution in [2.24, 2.45) is 0 Å². The van der Waals surface area contributed by atoms with Crippen LogP contribution < -0.4 is 0 Å². The molecule has 2 heterocycles. The lowest BCUT2D eigenvalue weighted by Crippen LogP contribution is -2.28. The van der Waals surface area contributed by atoms with Crippen LogP contribution in [0.3, 0.4) is 0 Å². The van der Waals surface area contributed by atoms with E-state index in [1.165, 1.54) is 5.56 Å². The SMILES string of the molecule is CN(Cc1nc2ccccc2n1Cc1ccc(Br)cc1)C(=O)c1cccnc1. The second kappa shape index (κ2) is 7.94. The molecule has 4 rings (SSSR count).